The first kappa shape index (κ1) is 31.1. The fraction of sp³-hybridized carbons (Fsp3) is 0.500. The zero-order valence-electron chi connectivity index (χ0n) is 23.8. The average Bonchev–Trinajstić information content (AvgIpc) is 2.88. The summed E-state index contributed by atoms with van der Waals surface area (Å²) in [5, 5.41) is 2.98. The molecule has 2 amide bonds. The van der Waals surface area contributed by atoms with Crippen molar-refractivity contribution in [3.8, 4) is 5.75 Å². The molecule has 2 rings (SSSR count). The molecule has 0 unspecified atom stereocenters. The van der Waals surface area contributed by atoms with Crippen LogP contribution < -0.4 is 14.4 Å². The molecular weight excluding hydrogens is 504 g/mol. The van der Waals surface area contributed by atoms with Crippen LogP contribution in [0, 0.1) is 13.8 Å². The number of aryl methyl sites for hydroxylation is 2. The van der Waals surface area contributed by atoms with Crippen molar-refractivity contribution in [3.05, 3.63) is 59.2 Å². The highest BCUT2D eigenvalue weighted by molar-refractivity contribution is 7.90. The molecule has 38 heavy (non-hydrogen) atoms. The summed E-state index contributed by atoms with van der Waals surface area (Å²) in [7, 11) is 0.422. The second-order valence-electron chi connectivity index (χ2n) is 9.70. The van der Waals surface area contributed by atoms with Crippen LogP contribution in [0.25, 0.3) is 0 Å². The minimum Gasteiger partial charge on any atom is -0.497 e. The highest BCUT2D eigenvalue weighted by Gasteiger charge is 2.34. The molecule has 0 saturated heterocycles. The zero-order chi connectivity index (χ0) is 28.6. The lowest BCUT2D eigenvalue weighted by atomic mass is 10.1. The number of hydrogen-bond donors (Lipinski definition) is 1. The molecule has 0 fully saturated rings. The second-order valence-corrected chi connectivity index (χ2v) is 11.8. The lowest BCUT2D eigenvalue weighted by Gasteiger charge is -2.34. The normalized spacial score (nSPS) is 13.1. The minimum atomic E-state index is -4.02. The number of rotatable bonds is 13. The topological polar surface area (TPSA) is 99.3 Å². The predicted octanol–water partition coefficient (Wildman–Crippen LogP) is 3.65. The Morgan fingerprint density at radius 1 is 1.00 bits per heavy atom. The monoisotopic (exact) mass is 546 g/mol. The van der Waals surface area contributed by atoms with Gasteiger partial charge in [0.15, 0.2) is 0 Å². The number of nitrogens with one attached hydrogen (secondary N) is 1. The Morgan fingerprint density at radius 3 is 2.16 bits per heavy atom. The lowest BCUT2D eigenvalue weighted by molar-refractivity contribution is -0.140. The van der Waals surface area contributed by atoms with Crippen molar-refractivity contribution < 1.29 is 22.7 Å². The molecule has 9 nitrogen and oxygen atoms in total. The molecule has 2 atom stereocenters. The van der Waals surface area contributed by atoms with Crippen LogP contribution in [0.4, 0.5) is 5.69 Å². The maximum absolute atomic E-state index is 14.0. The van der Waals surface area contributed by atoms with E-state index in [4.69, 9.17) is 4.74 Å². The van der Waals surface area contributed by atoms with E-state index in [0.29, 0.717) is 17.9 Å². The maximum atomic E-state index is 14.0. The molecule has 2 aromatic rings. The molecule has 0 aromatic heterocycles. The van der Waals surface area contributed by atoms with E-state index in [2.05, 4.69) is 5.32 Å². The van der Waals surface area contributed by atoms with Gasteiger partial charge in [-0.25, -0.2) is 4.31 Å². The van der Waals surface area contributed by atoms with Crippen molar-refractivity contribution in [1.82, 2.24) is 14.5 Å². The molecule has 210 valence electrons. The average molecular weight is 547 g/mol. The number of carbonyl (C=O) groups is 2. The van der Waals surface area contributed by atoms with Crippen LogP contribution in [0.2, 0.25) is 0 Å². The van der Waals surface area contributed by atoms with Crippen LogP contribution in [0.1, 0.15) is 50.3 Å². The fourth-order valence-corrected chi connectivity index (χ4v) is 5.09. The third-order valence-corrected chi connectivity index (χ3v) is 8.36. The number of methoxy groups -OCH3 is 1. The second kappa shape index (κ2) is 13.6. The third-order valence-electron chi connectivity index (χ3n) is 6.55. The summed E-state index contributed by atoms with van der Waals surface area (Å²) in [6.07, 6.45) is 1.12. The van der Waals surface area contributed by atoms with Gasteiger partial charge in [0.25, 0.3) is 0 Å². The van der Waals surface area contributed by atoms with Crippen molar-refractivity contribution in [2.24, 2.45) is 0 Å². The molecule has 0 bridgehead atoms. The van der Waals surface area contributed by atoms with Crippen LogP contribution in [0.5, 0.6) is 5.75 Å². The van der Waals surface area contributed by atoms with E-state index in [1.165, 1.54) is 19.0 Å². The summed E-state index contributed by atoms with van der Waals surface area (Å²) in [5.74, 6) is -0.0675. The van der Waals surface area contributed by atoms with Gasteiger partial charge in [-0.2, -0.15) is 12.7 Å². The van der Waals surface area contributed by atoms with Crippen molar-refractivity contribution in [3.63, 3.8) is 0 Å². The van der Waals surface area contributed by atoms with Gasteiger partial charge < -0.3 is 15.0 Å². The number of carbonyl (C=O) groups excluding carboxylic acids is 2. The molecule has 1 N–H and O–H groups in total. The van der Waals surface area contributed by atoms with Crippen LogP contribution in [0.3, 0.4) is 0 Å². The van der Waals surface area contributed by atoms with Gasteiger partial charge in [-0.3, -0.25) is 9.59 Å². The summed E-state index contributed by atoms with van der Waals surface area (Å²) >= 11 is 0. The number of ether oxygens (including phenoxy) is 1. The van der Waals surface area contributed by atoms with Crippen molar-refractivity contribution in [2.45, 2.75) is 66.1 Å². The Hall–Kier alpha value is -3.11. The van der Waals surface area contributed by atoms with E-state index in [1.54, 1.807) is 32.2 Å². The first-order chi connectivity index (χ1) is 17.8. The van der Waals surface area contributed by atoms with Gasteiger partial charge in [0.1, 0.15) is 18.3 Å². The van der Waals surface area contributed by atoms with E-state index >= 15 is 0 Å². The van der Waals surface area contributed by atoms with Gasteiger partial charge in [0.05, 0.1) is 12.8 Å². The Morgan fingerprint density at radius 2 is 1.63 bits per heavy atom. The fourth-order valence-electron chi connectivity index (χ4n) is 3.98. The van der Waals surface area contributed by atoms with Crippen LogP contribution in [0.15, 0.2) is 42.5 Å². The van der Waals surface area contributed by atoms with Gasteiger partial charge in [0.2, 0.25) is 11.8 Å². The molecule has 0 radical (unpaired) electrons. The third kappa shape index (κ3) is 7.70. The number of nitrogens with zero attached hydrogens (tertiary/aromatic N) is 3. The quantitative estimate of drug-likeness (QED) is 0.414. The van der Waals surface area contributed by atoms with E-state index in [-0.39, 0.29) is 18.5 Å². The smallest absolute Gasteiger partial charge is 0.304 e. The molecule has 0 aliphatic heterocycles. The van der Waals surface area contributed by atoms with E-state index in [9.17, 15) is 18.0 Å². The molecule has 0 saturated carbocycles. The molecule has 2 aromatic carbocycles. The standard InChI is InChI=1S/C28H42N4O5S/c1-9-22(5)29-28(34)25(10-2)31(18-23-13-15-24(37-8)16-14-23)27(33)19-32(38(35,36)30(6)7)26-17-20(3)11-12-21(26)4/h11-17,22,25H,9-10,18-19H2,1-8H3,(H,29,34)/t22-,25+/m1/s1. The Kier molecular flexibility index (Phi) is 11.1. The summed E-state index contributed by atoms with van der Waals surface area (Å²) in [6, 6.07) is 11.9. The lowest BCUT2D eigenvalue weighted by Crippen LogP contribution is -2.54. The first-order valence-electron chi connectivity index (χ1n) is 12.9. The van der Waals surface area contributed by atoms with Crippen LogP contribution in [-0.4, -0.2) is 69.3 Å². The van der Waals surface area contributed by atoms with E-state index in [0.717, 1.165) is 31.7 Å². The maximum Gasteiger partial charge on any atom is 0.304 e. The van der Waals surface area contributed by atoms with Crippen LogP contribution in [-0.2, 0) is 26.3 Å². The van der Waals surface area contributed by atoms with Gasteiger partial charge >= 0.3 is 10.2 Å². The number of anilines is 1. The summed E-state index contributed by atoms with van der Waals surface area (Å²) in [6.45, 7) is 9.08. The van der Waals surface area contributed by atoms with E-state index < -0.39 is 28.7 Å². The predicted molar refractivity (Wildman–Crippen MR) is 151 cm³/mol. The molecule has 0 heterocycles. The highest BCUT2D eigenvalue weighted by atomic mass is 32.2. The Balaban J connectivity index is 2.55. The van der Waals surface area contributed by atoms with E-state index in [1.807, 2.05) is 52.0 Å². The van der Waals surface area contributed by atoms with Crippen LogP contribution >= 0.6 is 0 Å². The van der Waals surface area contributed by atoms with Gasteiger partial charge in [-0.05, 0) is 68.5 Å². The Labute approximate surface area is 227 Å². The number of hydrogen-bond acceptors (Lipinski definition) is 5. The summed E-state index contributed by atoms with van der Waals surface area (Å²) in [4.78, 5) is 28.7. The summed E-state index contributed by atoms with van der Waals surface area (Å²) < 4.78 is 34.3. The molecular formula is C28H42N4O5S. The largest absolute Gasteiger partial charge is 0.497 e. The number of benzene rings is 2. The molecule has 0 aliphatic rings. The van der Waals surface area contributed by atoms with Crippen molar-refractivity contribution >= 4 is 27.7 Å². The molecule has 0 aliphatic carbocycles. The zero-order valence-corrected chi connectivity index (χ0v) is 24.6. The van der Waals surface area contributed by atoms with Gasteiger partial charge in [-0.15, -0.1) is 0 Å². The first-order valence-corrected chi connectivity index (χ1v) is 14.3. The summed E-state index contributed by atoms with van der Waals surface area (Å²) in [5.41, 5.74) is 2.81. The number of amides is 2. The van der Waals surface area contributed by atoms with Gasteiger partial charge in [-0.1, -0.05) is 38.1 Å². The Bertz CT molecular complexity index is 1200. The highest BCUT2D eigenvalue weighted by Crippen LogP contribution is 2.26. The minimum absolute atomic E-state index is 0.0601. The van der Waals surface area contributed by atoms with Gasteiger partial charge in [0, 0.05) is 26.7 Å². The SMILES string of the molecule is CC[C@@H](C)NC(=O)[C@H](CC)N(Cc1ccc(OC)cc1)C(=O)CN(c1cc(C)ccc1C)S(=O)(=O)N(C)C. The van der Waals surface area contributed by atoms with Crippen molar-refractivity contribution in [1.29, 1.82) is 0 Å². The van der Waals surface area contributed by atoms with Crippen molar-refractivity contribution in [2.75, 3.05) is 32.1 Å². The molecule has 0 spiro atoms. The molecule has 10 heteroatoms.